The molecule has 0 amide bonds. The first-order valence-electron chi connectivity index (χ1n) is 5.95. The third-order valence-electron chi connectivity index (χ3n) is 3.86. The lowest BCUT2D eigenvalue weighted by Gasteiger charge is -2.26. The van der Waals surface area contributed by atoms with Crippen molar-refractivity contribution in [3.8, 4) is 0 Å². The largest absolute Gasteiger partial charge is 0.383 e. The van der Waals surface area contributed by atoms with E-state index >= 15 is 0 Å². The fourth-order valence-corrected chi connectivity index (χ4v) is 2.79. The molecule has 3 heteroatoms. The molecule has 2 atom stereocenters. The van der Waals surface area contributed by atoms with E-state index in [1.54, 1.807) is 0 Å². The van der Waals surface area contributed by atoms with Gasteiger partial charge in [0.15, 0.2) is 0 Å². The number of aromatic nitrogens is 1. The number of hydrogen-bond acceptors (Lipinski definition) is 3. The van der Waals surface area contributed by atoms with Gasteiger partial charge in [-0.3, -0.25) is 0 Å². The summed E-state index contributed by atoms with van der Waals surface area (Å²) in [5, 5.41) is 3.36. The predicted molar refractivity (Wildman–Crippen MR) is 67.4 cm³/mol. The first kappa shape index (κ1) is 11.4. The van der Waals surface area contributed by atoms with Gasteiger partial charge in [0.2, 0.25) is 0 Å². The lowest BCUT2D eigenvalue weighted by atomic mass is 9.80. The zero-order valence-electron chi connectivity index (χ0n) is 10.4. The van der Waals surface area contributed by atoms with Gasteiger partial charge in [-0.1, -0.05) is 13.0 Å². The summed E-state index contributed by atoms with van der Waals surface area (Å²) < 4.78 is 0. The van der Waals surface area contributed by atoms with Gasteiger partial charge in [-0.2, -0.15) is 0 Å². The quantitative estimate of drug-likeness (QED) is 0.800. The lowest BCUT2D eigenvalue weighted by molar-refractivity contribution is 0.467. The average Bonchev–Trinajstić information content (AvgIpc) is 2.65. The fourth-order valence-electron chi connectivity index (χ4n) is 2.79. The zero-order valence-corrected chi connectivity index (χ0v) is 10.4. The summed E-state index contributed by atoms with van der Waals surface area (Å²) in [6, 6.07) is 2.81. The fraction of sp³-hybridized carbons (Fsp3) is 0.615. The standard InChI is InChI=1S/C13H21N3/c1-9-6-11(12(14)16-8-9)13(2)5-4-10(7-13)15-3/h6,8,10,15H,4-5,7H2,1-3H3,(H2,14,16). The smallest absolute Gasteiger partial charge is 0.127 e. The first-order chi connectivity index (χ1) is 7.55. The molecule has 0 spiro atoms. The van der Waals surface area contributed by atoms with Crippen LogP contribution >= 0.6 is 0 Å². The van der Waals surface area contributed by atoms with Crippen molar-refractivity contribution < 1.29 is 0 Å². The molecule has 1 aromatic heterocycles. The van der Waals surface area contributed by atoms with Gasteiger partial charge in [-0.25, -0.2) is 4.98 Å². The highest BCUT2D eigenvalue weighted by atomic mass is 14.9. The summed E-state index contributed by atoms with van der Waals surface area (Å²) in [7, 11) is 2.04. The maximum absolute atomic E-state index is 6.01. The summed E-state index contributed by atoms with van der Waals surface area (Å²) in [6.07, 6.45) is 5.40. The van der Waals surface area contributed by atoms with Gasteiger partial charge >= 0.3 is 0 Å². The summed E-state index contributed by atoms with van der Waals surface area (Å²) >= 11 is 0. The van der Waals surface area contributed by atoms with Gasteiger partial charge in [0.1, 0.15) is 5.82 Å². The number of nitrogens with two attached hydrogens (primary N) is 1. The van der Waals surface area contributed by atoms with E-state index < -0.39 is 0 Å². The number of pyridine rings is 1. The van der Waals surface area contributed by atoms with E-state index in [0.717, 1.165) is 6.42 Å². The molecule has 3 N–H and O–H groups in total. The molecule has 16 heavy (non-hydrogen) atoms. The van der Waals surface area contributed by atoms with E-state index in [4.69, 9.17) is 5.73 Å². The maximum Gasteiger partial charge on any atom is 0.127 e. The molecule has 1 fully saturated rings. The van der Waals surface area contributed by atoms with Gasteiger partial charge in [-0.15, -0.1) is 0 Å². The third kappa shape index (κ3) is 1.92. The molecule has 1 saturated carbocycles. The normalized spacial score (nSPS) is 29.6. The van der Waals surface area contributed by atoms with Gasteiger partial charge in [0.05, 0.1) is 0 Å². The van der Waals surface area contributed by atoms with Crippen LogP contribution in [0.3, 0.4) is 0 Å². The molecule has 0 bridgehead atoms. The van der Waals surface area contributed by atoms with Gasteiger partial charge in [-0.05, 0) is 44.2 Å². The van der Waals surface area contributed by atoms with Crippen LogP contribution in [0.25, 0.3) is 0 Å². The minimum Gasteiger partial charge on any atom is -0.383 e. The SMILES string of the molecule is CNC1CCC(C)(c2cc(C)cnc2N)C1. The van der Waals surface area contributed by atoms with Crippen LogP contribution in [0.4, 0.5) is 5.82 Å². The second kappa shape index (κ2) is 4.06. The molecule has 0 aromatic carbocycles. The summed E-state index contributed by atoms with van der Waals surface area (Å²) in [4.78, 5) is 4.28. The van der Waals surface area contributed by atoms with Crippen molar-refractivity contribution in [2.24, 2.45) is 0 Å². The monoisotopic (exact) mass is 219 g/mol. The van der Waals surface area contributed by atoms with E-state index in [1.807, 2.05) is 13.2 Å². The van der Waals surface area contributed by atoms with E-state index in [1.165, 1.54) is 24.0 Å². The minimum atomic E-state index is 0.191. The lowest BCUT2D eigenvalue weighted by Crippen LogP contribution is -2.26. The Morgan fingerprint density at radius 3 is 2.94 bits per heavy atom. The Morgan fingerprint density at radius 2 is 2.31 bits per heavy atom. The molecular formula is C13H21N3. The molecule has 2 rings (SSSR count). The second-order valence-corrected chi connectivity index (χ2v) is 5.23. The van der Waals surface area contributed by atoms with Crippen LogP contribution < -0.4 is 11.1 Å². The molecule has 1 heterocycles. The molecule has 3 nitrogen and oxygen atoms in total. The molecule has 0 saturated heterocycles. The number of hydrogen-bond donors (Lipinski definition) is 2. The van der Waals surface area contributed by atoms with Crippen LogP contribution in [0.5, 0.6) is 0 Å². The highest BCUT2D eigenvalue weighted by Crippen LogP contribution is 2.42. The van der Waals surface area contributed by atoms with Crippen molar-refractivity contribution in [3.05, 3.63) is 23.4 Å². The van der Waals surface area contributed by atoms with Crippen molar-refractivity contribution >= 4 is 5.82 Å². The van der Waals surface area contributed by atoms with Crippen molar-refractivity contribution in [1.29, 1.82) is 0 Å². The number of aryl methyl sites for hydroxylation is 1. The Morgan fingerprint density at radius 1 is 1.56 bits per heavy atom. The summed E-state index contributed by atoms with van der Waals surface area (Å²) in [5.41, 5.74) is 8.62. The summed E-state index contributed by atoms with van der Waals surface area (Å²) in [6.45, 7) is 4.38. The predicted octanol–water partition coefficient (Wildman–Crippen LogP) is 2.00. The van der Waals surface area contributed by atoms with Crippen LogP contribution in [0.15, 0.2) is 12.3 Å². The first-order valence-corrected chi connectivity index (χ1v) is 5.95. The highest BCUT2D eigenvalue weighted by molar-refractivity contribution is 5.46. The van der Waals surface area contributed by atoms with E-state index in [9.17, 15) is 0 Å². The molecule has 1 aliphatic carbocycles. The van der Waals surface area contributed by atoms with Crippen LogP contribution in [-0.4, -0.2) is 18.1 Å². The topological polar surface area (TPSA) is 50.9 Å². The molecule has 1 aliphatic rings. The van der Waals surface area contributed by atoms with Crippen LogP contribution in [0.2, 0.25) is 0 Å². The Balaban J connectivity index is 2.33. The highest BCUT2D eigenvalue weighted by Gasteiger charge is 2.37. The third-order valence-corrected chi connectivity index (χ3v) is 3.86. The Labute approximate surface area is 97.5 Å². The Hall–Kier alpha value is -1.09. The molecule has 1 aromatic rings. The van der Waals surface area contributed by atoms with Crippen LogP contribution in [-0.2, 0) is 5.41 Å². The van der Waals surface area contributed by atoms with Crippen LogP contribution in [0.1, 0.15) is 37.3 Å². The van der Waals surface area contributed by atoms with E-state index in [0.29, 0.717) is 11.9 Å². The second-order valence-electron chi connectivity index (χ2n) is 5.23. The Kier molecular flexibility index (Phi) is 2.89. The number of anilines is 1. The molecule has 0 aliphatic heterocycles. The number of nitrogens with one attached hydrogen (secondary N) is 1. The van der Waals surface area contributed by atoms with Crippen molar-refractivity contribution in [1.82, 2.24) is 10.3 Å². The van der Waals surface area contributed by atoms with Crippen molar-refractivity contribution in [3.63, 3.8) is 0 Å². The molecule has 2 unspecified atom stereocenters. The molecule has 88 valence electrons. The average molecular weight is 219 g/mol. The summed E-state index contributed by atoms with van der Waals surface area (Å²) in [5.74, 6) is 0.699. The maximum atomic E-state index is 6.01. The van der Waals surface area contributed by atoms with Gasteiger partial charge in [0.25, 0.3) is 0 Å². The van der Waals surface area contributed by atoms with Crippen molar-refractivity contribution in [2.75, 3.05) is 12.8 Å². The number of rotatable bonds is 2. The van der Waals surface area contributed by atoms with E-state index in [-0.39, 0.29) is 5.41 Å². The minimum absolute atomic E-state index is 0.191. The van der Waals surface area contributed by atoms with Crippen molar-refractivity contribution in [2.45, 2.75) is 44.6 Å². The van der Waals surface area contributed by atoms with E-state index in [2.05, 4.69) is 30.2 Å². The Bertz CT molecular complexity index is 389. The molecular weight excluding hydrogens is 198 g/mol. The number of nitrogens with zero attached hydrogens (tertiary/aromatic N) is 1. The van der Waals surface area contributed by atoms with Gasteiger partial charge < -0.3 is 11.1 Å². The van der Waals surface area contributed by atoms with Crippen LogP contribution in [0, 0.1) is 6.92 Å². The van der Waals surface area contributed by atoms with Gasteiger partial charge in [0, 0.05) is 17.8 Å². The molecule has 0 radical (unpaired) electrons. The zero-order chi connectivity index (χ0) is 11.8. The number of nitrogen functional groups attached to an aromatic ring is 1.